The summed E-state index contributed by atoms with van der Waals surface area (Å²) in [5.41, 5.74) is 26.2. The lowest BCUT2D eigenvalue weighted by atomic mass is 9.74. The van der Waals surface area contributed by atoms with Crippen molar-refractivity contribution >= 4 is 34.7 Å². The standard InChI is InChI=1S/C20H18N6O.C20H18N2OS2/c21-19-26-20(10-27-19)4-3-17-15(13-6-22-11-23-7-13)1-2-16(18(17)5-20)14-8-24-12-25-9-14;21-19-22-20(12-23-19)6-3-17-15(13-4-7-24-10-13)1-2-16(18(17)9-20)14-5-8-25-11-14/h1-2,6-9,11-12H,3-5,10H2,(H2,21,26);1-2,4-5,7-8,10-11H,3,6,9,12H2,(H2,21,22). The highest BCUT2D eigenvalue weighted by molar-refractivity contribution is 7.08. The van der Waals surface area contributed by atoms with Crippen molar-refractivity contribution in [2.75, 3.05) is 13.2 Å². The van der Waals surface area contributed by atoms with Crippen molar-refractivity contribution in [1.29, 1.82) is 0 Å². The SMILES string of the molecule is NC1=NC2(CCc3c(-c4ccsc4)ccc(-c4ccsc4)c3C2)CO1.NC1=NC2(CCc3c(-c4cncnc4)ccc(-c4cncnc4)c3C2)CO1. The number of rotatable bonds is 4. The maximum absolute atomic E-state index is 5.83. The Morgan fingerprint density at radius 2 is 0.923 bits per heavy atom. The van der Waals surface area contributed by atoms with Crippen molar-refractivity contribution in [2.45, 2.75) is 49.6 Å². The van der Waals surface area contributed by atoms with E-state index in [-0.39, 0.29) is 17.1 Å². The lowest BCUT2D eigenvalue weighted by Gasteiger charge is -2.33. The molecule has 12 heteroatoms. The molecule has 0 bridgehead atoms. The molecule has 6 aromatic rings. The van der Waals surface area contributed by atoms with Crippen LogP contribution in [0.1, 0.15) is 35.1 Å². The first-order valence-electron chi connectivity index (χ1n) is 17.3. The van der Waals surface area contributed by atoms with Crippen LogP contribution < -0.4 is 11.5 Å². The van der Waals surface area contributed by atoms with Crippen molar-refractivity contribution in [2.24, 2.45) is 21.5 Å². The normalized spacial score (nSPS) is 21.3. The Morgan fingerprint density at radius 3 is 1.31 bits per heavy atom. The van der Waals surface area contributed by atoms with Gasteiger partial charge in [0.25, 0.3) is 12.0 Å². The predicted octanol–water partition coefficient (Wildman–Crippen LogP) is 6.89. The van der Waals surface area contributed by atoms with Crippen LogP contribution in [0.15, 0.2) is 105 Å². The molecule has 260 valence electrons. The second kappa shape index (κ2) is 13.3. The maximum Gasteiger partial charge on any atom is 0.282 e. The number of aromatic nitrogens is 4. The number of aliphatic imine (C=N–C) groups is 2. The Balaban J connectivity index is 0.000000139. The summed E-state index contributed by atoms with van der Waals surface area (Å²) in [6.45, 7) is 1.13. The van der Waals surface area contributed by atoms with Gasteiger partial charge in [0, 0.05) is 48.8 Å². The van der Waals surface area contributed by atoms with Crippen LogP contribution in [0.25, 0.3) is 44.5 Å². The fourth-order valence-corrected chi connectivity index (χ4v) is 9.47. The topological polar surface area (TPSA) is 147 Å². The summed E-state index contributed by atoms with van der Waals surface area (Å²) < 4.78 is 11.0. The number of benzene rings is 2. The van der Waals surface area contributed by atoms with Gasteiger partial charge in [-0.25, -0.2) is 29.9 Å². The van der Waals surface area contributed by atoms with E-state index in [0.29, 0.717) is 19.2 Å². The molecule has 0 saturated heterocycles. The monoisotopic (exact) mass is 724 g/mol. The van der Waals surface area contributed by atoms with E-state index in [0.717, 1.165) is 60.8 Å². The van der Waals surface area contributed by atoms with Gasteiger partial charge in [0.05, 0.1) is 0 Å². The van der Waals surface area contributed by atoms with Gasteiger partial charge in [-0.1, -0.05) is 24.3 Å². The van der Waals surface area contributed by atoms with Crippen LogP contribution in [0, 0.1) is 0 Å². The summed E-state index contributed by atoms with van der Waals surface area (Å²) in [6.07, 6.45) is 16.0. The highest BCUT2D eigenvalue weighted by Gasteiger charge is 2.42. The molecule has 10 nitrogen and oxygen atoms in total. The number of amidine groups is 2. The van der Waals surface area contributed by atoms with Gasteiger partial charge < -0.3 is 20.9 Å². The van der Waals surface area contributed by atoms with Crippen LogP contribution in [0.2, 0.25) is 0 Å². The van der Waals surface area contributed by atoms with Crippen LogP contribution in [0.4, 0.5) is 0 Å². The first kappa shape index (κ1) is 32.4. The fourth-order valence-electron chi connectivity index (χ4n) is 8.16. The van der Waals surface area contributed by atoms with E-state index in [4.69, 9.17) is 20.9 Å². The molecule has 4 N–H and O–H groups in total. The zero-order valence-corrected chi connectivity index (χ0v) is 30.0. The van der Waals surface area contributed by atoms with Crippen molar-refractivity contribution in [3.05, 3.63) is 118 Å². The molecule has 4 aromatic heterocycles. The third kappa shape index (κ3) is 6.01. The molecule has 2 spiro atoms. The smallest absolute Gasteiger partial charge is 0.282 e. The number of nitrogens with two attached hydrogens (primary N) is 2. The van der Waals surface area contributed by atoms with Gasteiger partial charge in [0.1, 0.15) is 36.9 Å². The molecular weight excluding hydrogens is 689 g/mol. The lowest BCUT2D eigenvalue weighted by Crippen LogP contribution is -2.36. The van der Waals surface area contributed by atoms with Gasteiger partial charge in [-0.3, -0.25) is 0 Å². The summed E-state index contributed by atoms with van der Waals surface area (Å²) in [5.74, 6) is 0. The average Bonchev–Trinajstić information content (AvgIpc) is 4.02. The molecule has 2 aromatic carbocycles. The Morgan fingerprint density at radius 1 is 0.519 bits per heavy atom. The third-order valence-corrected chi connectivity index (χ3v) is 12.0. The van der Waals surface area contributed by atoms with Crippen LogP contribution in [0.5, 0.6) is 0 Å². The summed E-state index contributed by atoms with van der Waals surface area (Å²) in [5, 5.41) is 8.75. The van der Waals surface area contributed by atoms with Crippen molar-refractivity contribution in [3.63, 3.8) is 0 Å². The van der Waals surface area contributed by atoms with E-state index in [2.05, 4.69) is 87.8 Å². The minimum Gasteiger partial charge on any atom is -0.463 e. The molecular formula is C40H36N8O2S2. The van der Waals surface area contributed by atoms with E-state index in [1.54, 1.807) is 35.3 Å². The van der Waals surface area contributed by atoms with Gasteiger partial charge in [-0.15, -0.1) is 0 Å². The summed E-state index contributed by atoms with van der Waals surface area (Å²) in [7, 11) is 0. The molecule has 4 aliphatic rings. The van der Waals surface area contributed by atoms with Gasteiger partial charge in [-0.2, -0.15) is 22.7 Å². The fraction of sp³-hybridized carbons (Fsp3) is 0.250. The van der Waals surface area contributed by atoms with E-state index >= 15 is 0 Å². The second-order valence-electron chi connectivity index (χ2n) is 13.8. The number of ether oxygens (including phenoxy) is 2. The molecule has 2 atom stereocenters. The summed E-state index contributed by atoms with van der Waals surface area (Å²) in [6, 6.07) is 13.9. The Kier molecular flexibility index (Phi) is 8.27. The van der Waals surface area contributed by atoms with Gasteiger partial charge >= 0.3 is 0 Å². The second-order valence-corrected chi connectivity index (χ2v) is 15.4. The molecule has 0 radical (unpaired) electrons. The quantitative estimate of drug-likeness (QED) is 0.200. The molecule has 2 unspecified atom stereocenters. The van der Waals surface area contributed by atoms with Gasteiger partial charge in [0.15, 0.2) is 0 Å². The van der Waals surface area contributed by atoms with Gasteiger partial charge in [0.2, 0.25) is 0 Å². The van der Waals surface area contributed by atoms with Crippen LogP contribution in [-0.2, 0) is 35.2 Å². The number of thiophene rings is 2. The molecule has 2 aliphatic carbocycles. The first-order chi connectivity index (χ1) is 25.5. The maximum atomic E-state index is 5.83. The van der Waals surface area contributed by atoms with Crippen LogP contribution in [-0.4, -0.2) is 56.3 Å². The molecule has 0 saturated carbocycles. The van der Waals surface area contributed by atoms with Crippen LogP contribution in [0.3, 0.4) is 0 Å². The number of hydrogen-bond donors (Lipinski definition) is 2. The number of nitrogens with zero attached hydrogens (tertiary/aromatic N) is 6. The van der Waals surface area contributed by atoms with Crippen LogP contribution >= 0.6 is 22.7 Å². The molecule has 2 aliphatic heterocycles. The predicted molar refractivity (Wildman–Crippen MR) is 206 cm³/mol. The van der Waals surface area contributed by atoms with Gasteiger partial charge in [-0.05, 0) is 115 Å². The minimum absolute atomic E-state index is 0.185. The average molecular weight is 725 g/mol. The lowest BCUT2D eigenvalue weighted by molar-refractivity contribution is 0.235. The number of fused-ring (bicyclic) bond motifs is 2. The number of hydrogen-bond acceptors (Lipinski definition) is 12. The Bertz CT molecular complexity index is 2300. The molecule has 52 heavy (non-hydrogen) atoms. The summed E-state index contributed by atoms with van der Waals surface area (Å²) >= 11 is 3.49. The third-order valence-electron chi connectivity index (χ3n) is 10.6. The zero-order chi connectivity index (χ0) is 35.1. The molecule has 6 heterocycles. The highest BCUT2D eigenvalue weighted by Crippen LogP contribution is 2.45. The Labute approximate surface area is 309 Å². The van der Waals surface area contributed by atoms with Crippen molar-refractivity contribution in [3.8, 4) is 44.5 Å². The highest BCUT2D eigenvalue weighted by atomic mass is 32.1. The Hall–Kier alpha value is -5.46. The first-order valence-corrected chi connectivity index (χ1v) is 19.2. The minimum atomic E-state index is -0.284. The molecule has 0 amide bonds. The largest absolute Gasteiger partial charge is 0.463 e. The van der Waals surface area contributed by atoms with E-state index in [1.807, 2.05) is 24.8 Å². The molecule has 10 rings (SSSR count). The van der Waals surface area contributed by atoms with Crippen molar-refractivity contribution in [1.82, 2.24) is 19.9 Å². The van der Waals surface area contributed by atoms with E-state index in [1.165, 1.54) is 44.5 Å². The van der Waals surface area contributed by atoms with Crippen molar-refractivity contribution < 1.29 is 9.47 Å². The van der Waals surface area contributed by atoms with E-state index in [9.17, 15) is 0 Å². The zero-order valence-electron chi connectivity index (χ0n) is 28.4. The summed E-state index contributed by atoms with van der Waals surface area (Å²) in [4.78, 5) is 26.0. The molecule has 0 fully saturated rings. The van der Waals surface area contributed by atoms with E-state index < -0.39 is 0 Å².